The Balaban J connectivity index is 1.76. The Morgan fingerprint density at radius 1 is 1.04 bits per heavy atom. The normalized spacial score (nSPS) is 10.2. The molecule has 2 aromatic rings. The van der Waals surface area contributed by atoms with Crippen LogP contribution in [0.25, 0.3) is 0 Å². The van der Waals surface area contributed by atoms with Gasteiger partial charge in [0, 0.05) is 22.8 Å². The van der Waals surface area contributed by atoms with Gasteiger partial charge in [-0.1, -0.05) is 25.1 Å². The van der Waals surface area contributed by atoms with Gasteiger partial charge in [0.05, 0.1) is 12.2 Å². The van der Waals surface area contributed by atoms with E-state index in [4.69, 9.17) is 4.74 Å². The van der Waals surface area contributed by atoms with Gasteiger partial charge in [-0.15, -0.1) is 11.8 Å². The zero-order valence-corrected chi connectivity index (χ0v) is 14.5. The Labute approximate surface area is 146 Å². The second-order valence-corrected chi connectivity index (χ2v) is 6.34. The van der Waals surface area contributed by atoms with Crippen molar-refractivity contribution >= 4 is 29.3 Å². The number of benzene rings is 2. The van der Waals surface area contributed by atoms with Crippen molar-refractivity contribution in [1.82, 2.24) is 0 Å². The summed E-state index contributed by atoms with van der Waals surface area (Å²) in [4.78, 5) is 24.8. The third-order valence-corrected chi connectivity index (χ3v) is 4.20. The van der Waals surface area contributed by atoms with Gasteiger partial charge < -0.3 is 10.1 Å². The molecule has 0 saturated heterocycles. The van der Waals surface area contributed by atoms with Crippen LogP contribution in [0.4, 0.5) is 5.69 Å². The van der Waals surface area contributed by atoms with E-state index in [0.717, 1.165) is 17.1 Å². The standard InChI is InChI=1S/C19H21NO3S/c1-2-13-23-19(22)15-8-10-16(11-9-15)20-18(21)12-14-24-17-6-4-3-5-7-17/h3-11H,2,12-14H2,1H3,(H,20,21). The molecule has 2 rings (SSSR count). The average molecular weight is 343 g/mol. The third kappa shape index (κ3) is 6.08. The molecule has 1 N–H and O–H groups in total. The van der Waals surface area contributed by atoms with Crippen molar-refractivity contribution in [3.05, 3.63) is 60.2 Å². The number of anilines is 1. The number of carbonyl (C=O) groups excluding carboxylic acids is 2. The summed E-state index contributed by atoms with van der Waals surface area (Å²) in [7, 11) is 0. The number of rotatable bonds is 8. The molecule has 5 heteroatoms. The monoisotopic (exact) mass is 343 g/mol. The van der Waals surface area contributed by atoms with Crippen molar-refractivity contribution in [2.45, 2.75) is 24.7 Å². The molecule has 0 heterocycles. The minimum absolute atomic E-state index is 0.0419. The maximum absolute atomic E-state index is 11.9. The van der Waals surface area contributed by atoms with E-state index in [1.165, 1.54) is 0 Å². The highest BCUT2D eigenvalue weighted by molar-refractivity contribution is 7.99. The van der Waals surface area contributed by atoms with Crippen LogP contribution in [0.3, 0.4) is 0 Å². The van der Waals surface area contributed by atoms with Crippen molar-refractivity contribution in [3.8, 4) is 0 Å². The van der Waals surface area contributed by atoms with Gasteiger partial charge in [0.1, 0.15) is 0 Å². The smallest absolute Gasteiger partial charge is 0.338 e. The average Bonchev–Trinajstić information content (AvgIpc) is 2.61. The zero-order valence-electron chi connectivity index (χ0n) is 13.7. The fraction of sp³-hybridized carbons (Fsp3) is 0.263. The van der Waals surface area contributed by atoms with Crippen LogP contribution in [0.5, 0.6) is 0 Å². The summed E-state index contributed by atoms with van der Waals surface area (Å²) < 4.78 is 5.06. The molecule has 24 heavy (non-hydrogen) atoms. The number of hydrogen-bond donors (Lipinski definition) is 1. The molecular formula is C19H21NO3S. The highest BCUT2D eigenvalue weighted by Gasteiger charge is 2.07. The predicted molar refractivity (Wildman–Crippen MR) is 97.4 cm³/mol. The molecule has 0 aliphatic carbocycles. The largest absolute Gasteiger partial charge is 0.462 e. The summed E-state index contributed by atoms with van der Waals surface area (Å²) in [6.45, 7) is 2.36. The van der Waals surface area contributed by atoms with E-state index < -0.39 is 0 Å². The van der Waals surface area contributed by atoms with Crippen LogP contribution in [0, 0.1) is 0 Å². The zero-order chi connectivity index (χ0) is 17.2. The topological polar surface area (TPSA) is 55.4 Å². The highest BCUT2D eigenvalue weighted by atomic mass is 32.2. The van der Waals surface area contributed by atoms with Crippen molar-refractivity contribution in [1.29, 1.82) is 0 Å². The predicted octanol–water partition coefficient (Wildman–Crippen LogP) is 4.37. The molecule has 126 valence electrons. The van der Waals surface area contributed by atoms with Gasteiger partial charge >= 0.3 is 5.97 Å². The lowest BCUT2D eigenvalue weighted by molar-refractivity contribution is -0.115. The summed E-state index contributed by atoms with van der Waals surface area (Å²) in [6.07, 6.45) is 1.22. The SMILES string of the molecule is CCCOC(=O)c1ccc(NC(=O)CCSc2ccccc2)cc1. The quantitative estimate of drug-likeness (QED) is 0.571. The second kappa shape index (κ2) is 9.78. The first-order valence-electron chi connectivity index (χ1n) is 7.94. The van der Waals surface area contributed by atoms with Crippen molar-refractivity contribution < 1.29 is 14.3 Å². The Bertz CT molecular complexity index is 656. The molecule has 1 amide bonds. The van der Waals surface area contributed by atoms with Crippen molar-refractivity contribution in [2.24, 2.45) is 0 Å². The van der Waals surface area contributed by atoms with Crippen LogP contribution in [-0.4, -0.2) is 24.2 Å². The third-order valence-electron chi connectivity index (χ3n) is 3.18. The Kier molecular flexibility index (Phi) is 7.36. The molecular weight excluding hydrogens is 322 g/mol. The molecule has 4 nitrogen and oxygen atoms in total. The fourth-order valence-electron chi connectivity index (χ4n) is 1.97. The van der Waals surface area contributed by atoms with Crippen LogP contribution >= 0.6 is 11.8 Å². The maximum Gasteiger partial charge on any atom is 0.338 e. The van der Waals surface area contributed by atoms with Crippen molar-refractivity contribution in [2.75, 3.05) is 17.7 Å². The molecule has 0 radical (unpaired) electrons. The molecule has 0 unspecified atom stereocenters. The summed E-state index contributed by atoms with van der Waals surface area (Å²) in [5, 5.41) is 2.83. The number of thioether (sulfide) groups is 1. The first kappa shape index (κ1) is 18.1. The molecule has 0 bridgehead atoms. The van der Waals surface area contributed by atoms with E-state index >= 15 is 0 Å². The second-order valence-electron chi connectivity index (χ2n) is 5.17. The van der Waals surface area contributed by atoms with E-state index in [0.29, 0.717) is 24.3 Å². The van der Waals surface area contributed by atoms with Crippen LogP contribution in [0.2, 0.25) is 0 Å². The van der Waals surface area contributed by atoms with Crippen LogP contribution < -0.4 is 5.32 Å². The Morgan fingerprint density at radius 2 is 1.75 bits per heavy atom. The molecule has 0 fully saturated rings. The van der Waals surface area contributed by atoms with Gasteiger partial charge in [-0.2, -0.15) is 0 Å². The van der Waals surface area contributed by atoms with Crippen LogP contribution in [-0.2, 0) is 9.53 Å². The van der Waals surface area contributed by atoms with Crippen LogP contribution in [0.15, 0.2) is 59.5 Å². The summed E-state index contributed by atoms with van der Waals surface area (Å²) in [5.74, 6) is 0.339. The summed E-state index contributed by atoms with van der Waals surface area (Å²) in [6, 6.07) is 16.7. The number of esters is 1. The van der Waals surface area contributed by atoms with Gasteiger partial charge in [-0.25, -0.2) is 4.79 Å². The van der Waals surface area contributed by atoms with Crippen LogP contribution in [0.1, 0.15) is 30.1 Å². The van der Waals surface area contributed by atoms with E-state index in [1.807, 2.05) is 37.3 Å². The number of carbonyl (C=O) groups is 2. The number of ether oxygens (including phenoxy) is 1. The highest BCUT2D eigenvalue weighted by Crippen LogP contribution is 2.18. The first-order valence-corrected chi connectivity index (χ1v) is 8.92. The number of nitrogens with one attached hydrogen (secondary N) is 1. The van der Waals surface area contributed by atoms with Crippen molar-refractivity contribution in [3.63, 3.8) is 0 Å². The Hall–Kier alpha value is -2.27. The van der Waals surface area contributed by atoms with Gasteiger partial charge in [-0.05, 0) is 42.8 Å². The lowest BCUT2D eigenvalue weighted by Gasteiger charge is -2.07. The van der Waals surface area contributed by atoms with E-state index in [-0.39, 0.29) is 11.9 Å². The van der Waals surface area contributed by atoms with Gasteiger partial charge in [0.15, 0.2) is 0 Å². The van der Waals surface area contributed by atoms with Gasteiger partial charge in [0.25, 0.3) is 0 Å². The maximum atomic E-state index is 11.9. The lowest BCUT2D eigenvalue weighted by atomic mass is 10.2. The molecule has 0 aliphatic rings. The summed E-state index contributed by atoms with van der Waals surface area (Å²) in [5.41, 5.74) is 1.16. The molecule has 0 saturated carbocycles. The molecule has 2 aromatic carbocycles. The Morgan fingerprint density at radius 3 is 2.42 bits per heavy atom. The minimum Gasteiger partial charge on any atom is -0.462 e. The van der Waals surface area contributed by atoms with E-state index in [1.54, 1.807) is 36.0 Å². The number of amides is 1. The minimum atomic E-state index is -0.339. The first-order chi connectivity index (χ1) is 11.7. The molecule has 0 aliphatic heterocycles. The van der Waals surface area contributed by atoms with Gasteiger partial charge in [-0.3, -0.25) is 4.79 Å². The van der Waals surface area contributed by atoms with Gasteiger partial charge in [0.2, 0.25) is 5.91 Å². The lowest BCUT2D eigenvalue weighted by Crippen LogP contribution is -2.12. The molecule has 0 atom stereocenters. The molecule has 0 spiro atoms. The van der Waals surface area contributed by atoms with E-state index in [2.05, 4.69) is 5.32 Å². The fourth-order valence-corrected chi connectivity index (χ4v) is 2.84. The number of hydrogen-bond acceptors (Lipinski definition) is 4. The summed E-state index contributed by atoms with van der Waals surface area (Å²) >= 11 is 1.65. The molecule has 0 aromatic heterocycles. The van der Waals surface area contributed by atoms with E-state index in [9.17, 15) is 9.59 Å².